The van der Waals surface area contributed by atoms with Gasteiger partial charge in [0.05, 0.1) is 25.9 Å². The average Bonchev–Trinajstić information content (AvgIpc) is 3.08. The number of urea groups is 1. The van der Waals surface area contributed by atoms with Gasteiger partial charge in [0.15, 0.2) is 0 Å². The van der Waals surface area contributed by atoms with E-state index in [2.05, 4.69) is 16.0 Å². The lowest BCUT2D eigenvalue weighted by Crippen LogP contribution is -2.44. The number of aryl methyl sites for hydroxylation is 1. The van der Waals surface area contributed by atoms with Crippen LogP contribution in [0.15, 0.2) is 47.1 Å². The van der Waals surface area contributed by atoms with Gasteiger partial charge in [0.2, 0.25) is 11.8 Å². The topological polar surface area (TPSA) is 104 Å². The number of anilines is 1. The minimum absolute atomic E-state index is 0.0231. The maximum Gasteiger partial charge on any atom is 0.321 e. The lowest BCUT2D eigenvalue weighted by Gasteiger charge is -2.15. The van der Waals surface area contributed by atoms with E-state index in [0.29, 0.717) is 11.4 Å². The fraction of sp³-hybridized carbons (Fsp3) is 0.278. The number of furan rings is 1. The molecule has 0 aliphatic heterocycles. The molecule has 2 rings (SSSR count). The van der Waals surface area contributed by atoms with Gasteiger partial charge in [-0.2, -0.15) is 0 Å². The zero-order valence-corrected chi connectivity index (χ0v) is 14.7. The van der Waals surface area contributed by atoms with Crippen LogP contribution in [0.5, 0.6) is 0 Å². The highest BCUT2D eigenvalue weighted by Crippen LogP contribution is 2.08. The fourth-order valence-corrected chi connectivity index (χ4v) is 2.17. The molecule has 0 bridgehead atoms. The maximum absolute atomic E-state index is 12.0. The van der Waals surface area contributed by atoms with Crippen molar-refractivity contribution in [2.24, 2.45) is 0 Å². The predicted octanol–water partition coefficient (Wildman–Crippen LogP) is 1.48. The number of hydrogen-bond acceptors (Lipinski definition) is 5. The van der Waals surface area contributed by atoms with E-state index in [9.17, 15) is 14.4 Å². The summed E-state index contributed by atoms with van der Waals surface area (Å²) in [6, 6.07) is 10.2. The van der Waals surface area contributed by atoms with E-state index in [-0.39, 0.29) is 25.5 Å². The second kappa shape index (κ2) is 9.38. The Bertz CT molecular complexity index is 741. The molecule has 1 aromatic carbocycles. The number of benzene rings is 1. The molecule has 8 heteroatoms. The first kappa shape index (κ1) is 19.2. The summed E-state index contributed by atoms with van der Waals surface area (Å²) in [6.45, 7) is 2.08. The van der Waals surface area contributed by atoms with Crippen molar-refractivity contribution < 1.29 is 18.8 Å². The summed E-state index contributed by atoms with van der Waals surface area (Å²) in [5.41, 5.74) is 1.79. The van der Waals surface area contributed by atoms with Crippen molar-refractivity contribution in [3.8, 4) is 0 Å². The van der Waals surface area contributed by atoms with Crippen LogP contribution in [0.4, 0.5) is 10.5 Å². The zero-order chi connectivity index (χ0) is 18.9. The van der Waals surface area contributed by atoms with Crippen LogP contribution in [0.2, 0.25) is 0 Å². The van der Waals surface area contributed by atoms with E-state index in [0.717, 1.165) is 5.56 Å². The summed E-state index contributed by atoms with van der Waals surface area (Å²) in [5, 5.41) is 7.45. The second-order valence-electron chi connectivity index (χ2n) is 5.90. The van der Waals surface area contributed by atoms with E-state index < -0.39 is 11.9 Å². The van der Waals surface area contributed by atoms with Crippen molar-refractivity contribution in [2.45, 2.75) is 13.5 Å². The lowest BCUT2D eigenvalue weighted by atomic mass is 10.2. The summed E-state index contributed by atoms with van der Waals surface area (Å²) in [6.07, 6.45) is 1.50. The molecule has 4 amide bonds. The van der Waals surface area contributed by atoms with Gasteiger partial charge >= 0.3 is 6.03 Å². The molecule has 8 nitrogen and oxygen atoms in total. The Labute approximate surface area is 151 Å². The number of hydrogen-bond donors (Lipinski definition) is 3. The molecule has 3 N–H and O–H groups in total. The average molecular weight is 358 g/mol. The first-order chi connectivity index (χ1) is 12.4. The van der Waals surface area contributed by atoms with Gasteiger partial charge in [-0.3, -0.25) is 19.8 Å². The minimum Gasteiger partial charge on any atom is -0.467 e. The summed E-state index contributed by atoms with van der Waals surface area (Å²) in [5.74, 6) is -0.170. The molecular formula is C18H22N4O4. The van der Waals surface area contributed by atoms with Gasteiger partial charge in [-0.05, 0) is 38.2 Å². The normalized spacial score (nSPS) is 10.4. The molecule has 26 heavy (non-hydrogen) atoms. The van der Waals surface area contributed by atoms with Gasteiger partial charge in [-0.15, -0.1) is 0 Å². The number of carbonyl (C=O) groups is 3. The van der Waals surface area contributed by atoms with E-state index in [1.807, 2.05) is 31.2 Å². The Morgan fingerprint density at radius 3 is 2.38 bits per heavy atom. The molecule has 0 spiro atoms. The molecule has 0 saturated heterocycles. The molecule has 0 atom stereocenters. The Morgan fingerprint density at radius 2 is 1.73 bits per heavy atom. The first-order valence-corrected chi connectivity index (χ1v) is 8.07. The van der Waals surface area contributed by atoms with E-state index in [4.69, 9.17) is 4.42 Å². The van der Waals surface area contributed by atoms with Crippen molar-refractivity contribution in [2.75, 3.05) is 25.5 Å². The number of likely N-dealkylation sites (N-methyl/N-ethyl adjacent to an activating group) is 1. The Morgan fingerprint density at radius 1 is 1.04 bits per heavy atom. The zero-order valence-electron chi connectivity index (χ0n) is 14.7. The van der Waals surface area contributed by atoms with Gasteiger partial charge in [-0.25, -0.2) is 4.79 Å². The van der Waals surface area contributed by atoms with Gasteiger partial charge in [0.1, 0.15) is 5.76 Å². The third-order valence-electron chi connectivity index (χ3n) is 3.42. The summed E-state index contributed by atoms with van der Waals surface area (Å²) >= 11 is 0. The number of nitrogens with zero attached hydrogens (tertiary/aromatic N) is 1. The van der Waals surface area contributed by atoms with Crippen LogP contribution in [0, 0.1) is 6.92 Å². The van der Waals surface area contributed by atoms with Crippen molar-refractivity contribution in [3.05, 3.63) is 54.0 Å². The SMILES string of the molecule is Cc1ccc(NC(=O)CN(C)CC(=O)NC(=O)NCc2ccco2)cc1. The first-order valence-electron chi connectivity index (χ1n) is 8.07. The quantitative estimate of drug-likeness (QED) is 0.696. The Hall–Kier alpha value is -3.13. The molecule has 0 aliphatic rings. The molecule has 1 heterocycles. The standard InChI is InChI=1S/C18H22N4O4/c1-13-5-7-14(8-6-13)20-16(23)11-22(2)12-17(24)21-18(25)19-10-15-4-3-9-26-15/h3-9H,10-12H2,1-2H3,(H,20,23)(H2,19,21,24,25). The van der Waals surface area contributed by atoms with Gasteiger partial charge in [0, 0.05) is 5.69 Å². The maximum atomic E-state index is 12.0. The third kappa shape index (κ3) is 6.78. The second-order valence-corrected chi connectivity index (χ2v) is 5.90. The molecule has 0 saturated carbocycles. The van der Waals surface area contributed by atoms with Crippen molar-refractivity contribution in [3.63, 3.8) is 0 Å². The van der Waals surface area contributed by atoms with Crippen LogP contribution < -0.4 is 16.0 Å². The Balaban J connectivity index is 1.68. The minimum atomic E-state index is -0.621. The number of nitrogens with one attached hydrogen (secondary N) is 3. The van der Waals surface area contributed by atoms with Gasteiger partial charge < -0.3 is 15.1 Å². The number of imide groups is 1. The van der Waals surface area contributed by atoms with E-state index in [1.54, 1.807) is 19.2 Å². The molecule has 2 aromatic rings. The molecule has 0 fully saturated rings. The number of rotatable bonds is 7. The Kier molecular flexibility index (Phi) is 6.92. The highest BCUT2D eigenvalue weighted by Gasteiger charge is 2.13. The van der Waals surface area contributed by atoms with Crippen LogP contribution in [0.25, 0.3) is 0 Å². The molecule has 0 radical (unpaired) electrons. The summed E-state index contributed by atoms with van der Waals surface area (Å²) in [7, 11) is 1.62. The summed E-state index contributed by atoms with van der Waals surface area (Å²) in [4.78, 5) is 37.0. The van der Waals surface area contributed by atoms with Crippen LogP contribution in [-0.2, 0) is 16.1 Å². The van der Waals surface area contributed by atoms with Gasteiger partial charge in [0.25, 0.3) is 0 Å². The van der Waals surface area contributed by atoms with E-state index in [1.165, 1.54) is 11.2 Å². The lowest BCUT2D eigenvalue weighted by molar-refractivity contribution is -0.122. The predicted molar refractivity (Wildman–Crippen MR) is 96.4 cm³/mol. The van der Waals surface area contributed by atoms with Crippen LogP contribution in [0.1, 0.15) is 11.3 Å². The largest absolute Gasteiger partial charge is 0.467 e. The highest BCUT2D eigenvalue weighted by atomic mass is 16.3. The van der Waals surface area contributed by atoms with Crippen LogP contribution >= 0.6 is 0 Å². The molecule has 1 aromatic heterocycles. The summed E-state index contributed by atoms with van der Waals surface area (Å²) < 4.78 is 5.07. The molecular weight excluding hydrogens is 336 g/mol. The smallest absolute Gasteiger partial charge is 0.321 e. The third-order valence-corrected chi connectivity index (χ3v) is 3.42. The van der Waals surface area contributed by atoms with Crippen LogP contribution in [0.3, 0.4) is 0 Å². The van der Waals surface area contributed by atoms with E-state index >= 15 is 0 Å². The number of amides is 4. The number of carbonyl (C=O) groups excluding carboxylic acids is 3. The molecule has 0 unspecified atom stereocenters. The fourth-order valence-electron chi connectivity index (χ4n) is 2.17. The van der Waals surface area contributed by atoms with Crippen molar-refractivity contribution in [1.29, 1.82) is 0 Å². The van der Waals surface area contributed by atoms with Crippen molar-refractivity contribution in [1.82, 2.24) is 15.5 Å². The van der Waals surface area contributed by atoms with Gasteiger partial charge in [-0.1, -0.05) is 17.7 Å². The molecule has 0 aliphatic carbocycles. The molecule has 138 valence electrons. The highest BCUT2D eigenvalue weighted by molar-refractivity contribution is 5.96. The van der Waals surface area contributed by atoms with Crippen LogP contribution in [-0.4, -0.2) is 42.9 Å². The monoisotopic (exact) mass is 358 g/mol. The van der Waals surface area contributed by atoms with Crippen molar-refractivity contribution >= 4 is 23.5 Å².